The number of nitrogen functional groups attached to an aromatic ring is 1. The third kappa shape index (κ3) is 3.67. The van der Waals surface area contributed by atoms with Gasteiger partial charge in [0.15, 0.2) is 0 Å². The number of sulfonamides is 1. The van der Waals surface area contributed by atoms with Crippen LogP contribution in [-0.4, -0.2) is 28.0 Å². The Bertz CT molecular complexity index is 545. The van der Waals surface area contributed by atoms with Crippen LogP contribution in [0.2, 0.25) is 0 Å². The highest BCUT2D eigenvalue weighted by Crippen LogP contribution is 2.18. The molecular formula is C10H13FN2O4S. The minimum Gasteiger partial charge on any atom is -0.469 e. The highest BCUT2D eigenvalue weighted by atomic mass is 32.2. The van der Waals surface area contributed by atoms with Gasteiger partial charge in [-0.1, -0.05) is 0 Å². The van der Waals surface area contributed by atoms with Gasteiger partial charge in [0, 0.05) is 6.54 Å². The molecule has 0 bridgehead atoms. The molecule has 1 rings (SSSR count). The van der Waals surface area contributed by atoms with Crippen molar-refractivity contribution >= 4 is 21.7 Å². The molecule has 0 aromatic heterocycles. The van der Waals surface area contributed by atoms with E-state index in [2.05, 4.69) is 9.46 Å². The first-order chi connectivity index (χ1) is 8.36. The van der Waals surface area contributed by atoms with Crippen LogP contribution in [-0.2, 0) is 19.6 Å². The third-order valence-corrected chi connectivity index (χ3v) is 3.63. The molecule has 100 valence electrons. The number of esters is 1. The number of hydrogen-bond donors (Lipinski definition) is 2. The van der Waals surface area contributed by atoms with Crippen LogP contribution in [0.3, 0.4) is 0 Å². The fourth-order valence-electron chi connectivity index (χ4n) is 1.21. The molecule has 0 unspecified atom stereocenters. The SMILES string of the molecule is COC(=O)CCNS(=O)(=O)c1cc(F)ccc1N. The average molecular weight is 276 g/mol. The van der Waals surface area contributed by atoms with E-state index in [4.69, 9.17) is 5.73 Å². The fraction of sp³-hybridized carbons (Fsp3) is 0.300. The molecular weight excluding hydrogens is 263 g/mol. The zero-order chi connectivity index (χ0) is 13.8. The summed E-state index contributed by atoms with van der Waals surface area (Å²) in [7, 11) is -2.74. The zero-order valence-electron chi connectivity index (χ0n) is 9.64. The number of methoxy groups -OCH3 is 1. The zero-order valence-corrected chi connectivity index (χ0v) is 10.5. The second-order valence-corrected chi connectivity index (χ2v) is 5.14. The van der Waals surface area contributed by atoms with Crippen LogP contribution < -0.4 is 10.5 Å². The number of anilines is 1. The van der Waals surface area contributed by atoms with Crippen molar-refractivity contribution in [3.05, 3.63) is 24.0 Å². The maximum atomic E-state index is 13.0. The molecule has 0 spiro atoms. The summed E-state index contributed by atoms with van der Waals surface area (Å²) in [5, 5.41) is 0. The van der Waals surface area contributed by atoms with Gasteiger partial charge in [-0.3, -0.25) is 4.79 Å². The summed E-state index contributed by atoms with van der Waals surface area (Å²) in [6.07, 6.45) is -0.120. The smallest absolute Gasteiger partial charge is 0.306 e. The van der Waals surface area contributed by atoms with Gasteiger partial charge in [-0.05, 0) is 18.2 Å². The molecule has 6 nitrogen and oxygen atoms in total. The average Bonchev–Trinajstić information content (AvgIpc) is 2.31. The van der Waals surface area contributed by atoms with Crippen LogP contribution in [0.4, 0.5) is 10.1 Å². The van der Waals surface area contributed by atoms with Crippen LogP contribution in [0.25, 0.3) is 0 Å². The van der Waals surface area contributed by atoms with Crippen LogP contribution in [0.5, 0.6) is 0 Å². The summed E-state index contributed by atoms with van der Waals surface area (Å²) in [6, 6.07) is 3.03. The molecule has 0 atom stereocenters. The first-order valence-corrected chi connectivity index (χ1v) is 6.46. The number of nitrogens with two attached hydrogens (primary N) is 1. The van der Waals surface area contributed by atoms with Crippen molar-refractivity contribution in [2.45, 2.75) is 11.3 Å². The van der Waals surface area contributed by atoms with Gasteiger partial charge >= 0.3 is 5.97 Å². The van der Waals surface area contributed by atoms with E-state index in [9.17, 15) is 17.6 Å². The van der Waals surface area contributed by atoms with Crippen molar-refractivity contribution in [1.82, 2.24) is 4.72 Å². The van der Waals surface area contributed by atoms with Crippen molar-refractivity contribution in [2.24, 2.45) is 0 Å². The van der Waals surface area contributed by atoms with Gasteiger partial charge in [0.1, 0.15) is 10.7 Å². The minimum atomic E-state index is -3.94. The van der Waals surface area contributed by atoms with Crippen molar-refractivity contribution in [3.8, 4) is 0 Å². The molecule has 18 heavy (non-hydrogen) atoms. The van der Waals surface area contributed by atoms with Crippen LogP contribution in [0.15, 0.2) is 23.1 Å². The number of benzene rings is 1. The van der Waals surface area contributed by atoms with E-state index >= 15 is 0 Å². The molecule has 8 heteroatoms. The molecule has 0 aliphatic heterocycles. The number of halogens is 1. The molecule has 0 radical (unpaired) electrons. The van der Waals surface area contributed by atoms with E-state index in [1.54, 1.807) is 0 Å². The van der Waals surface area contributed by atoms with E-state index in [0.29, 0.717) is 0 Å². The Balaban J connectivity index is 2.80. The largest absolute Gasteiger partial charge is 0.469 e. The van der Waals surface area contributed by atoms with Gasteiger partial charge in [-0.15, -0.1) is 0 Å². The number of rotatable bonds is 5. The van der Waals surface area contributed by atoms with Crippen molar-refractivity contribution < 1.29 is 22.3 Å². The Kier molecular flexibility index (Phi) is 4.62. The highest BCUT2D eigenvalue weighted by Gasteiger charge is 2.18. The van der Waals surface area contributed by atoms with Crippen molar-refractivity contribution in [3.63, 3.8) is 0 Å². The number of carbonyl (C=O) groups excluding carboxylic acids is 1. The van der Waals surface area contributed by atoms with E-state index < -0.39 is 21.8 Å². The Labute approximate surface area is 104 Å². The first-order valence-electron chi connectivity index (χ1n) is 4.98. The maximum absolute atomic E-state index is 13.0. The topological polar surface area (TPSA) is 98.5 Å². The summed E-state index contributed by atoms with van der Waals surface area (Å²) in [4.78, 5) is 10.5. The Morgan fingerprint density at radius 2 is 2.17 bits per heavy atom. The Morgan fingerprint density at radius 3 is 2.78 bits per heavy atom. The maximum Gasteiger partial charge on any atom is 0.306 e. The summed E-state index contributed by atoms with van der Waals surface area (Å²) in [6.45, 7) is -0.148. The lowest BCUT2D eigenvalue weighted by atomic mass is 10.3. The lowest BCUT2D eigenvalue weighted by molar-refractivity contribution is -0.140. The second kappa shape index (κ2) is 5.78. The molecule has 1 aromatic rings. The van der Waals surface area contributed by atoms with E-state index in [1.807, 2.05) is 0 Å². The number of ether oxygens (including phenoxy) is 1. The second-order valence-electron chi connectivity index (χ2n) is 3.41. The third-order valence-electron chi connectivity index (χ3n) is 2.11. The summed E-state index contributed by atoms with van der Waals surface area (Å²) < 4.78 is 43.0. The highest BCUT2D eigenvalue weighted by molar-refractivity contribution is 7.89. The van der Waals surface area contributed by atoms with Gasteiger partial charge in [0.25, 0.3) is 0 Å². The van der Waals surface area contributed by atoms with Gasteiger partial charge < -0.3 is 10.5 Å². The number of hydrogen-bond acceptors (Lipinski definition) is 5. The van der Waals surface area contributed by atoms with E-state index in [-0.39, 0.29) is 23.5 Å². The lowest BCUT2D eigenvalue weighted by Gasteiger charge is -2.08. The molecule has 0 aliphatic carbocycles. The first kappa shape index (κ1) is 14.4. The summed E-state index contributed by atoms with van der Waals surface area (Å²) in [5.41, 5.74) is 5.39. The fourth-order valence-corrected chi connectivity index (χ4v) is 2.38. The predicted molar refractivity (Wildman–Crippen MR) is 62.6 cm³/mol. The standard InChI is InChI=1S/C10H13FN2O4S/c1-17-10(14)4-5-13-18(15,16)9-6-7(11)2-3-8(9)12/h2-3,6,13H,4-5,12H2,1H3. The van der Waals surface area contributed by atoms with Crippen molar-refractivity contribution in [1.29, 1.82) is 0 Å². The molecule has 0 fully saturated rings. The molecule has 0 saturated heterocycles. The molecule has 0 heterocycles. The normalized spacial score (nSPS) is 11.2. The van der Waals surface area contributed by atoms with Gasteiger partial charge in [-0.25, -0.2) is 17.5 Å². The lowest BCUT2D eigenvalue weighted by Crippen LogP contribution is -2.27. The number of nitrogens with one attached hydrogen (secondary N) is 1. The van der Waals surface area contributed by atoms with Gasteiger partial charge in [0.05, 0.1) is 19.2 Å². The number of carbonyl (C=O) groups is 1. The Morgan fingerprint density at radius 1 is 1.50 bits per heavy atom. The predicted octanol–water partition coefficient (Wildman–Crippen LogP) is 0.249. The molecule has 0 amide bonds. The van der Waals surface area contributed by atoms with Gasteiger partial charge in [-0.2, -0.15) is 0 Å². The summed E-state index contributed by atoms with van der Waals surface area (Å²) in [5.74, 6) is -1.26. The van der Waals surface area contributed by atoms with Gasteiger partial charge in [0.2, 0.25) is 10.0 Å². The molecule has 0 saturated carbocycles. The van der Waals surface area contributed by atoms with Crippen molar-refractivity contribution in [2.75, 3.05) is 19.4 Å². The summed E-state index contributed by atoms with van der Waals surface area (Å²) >= 11 is 0. The quantitative estimate of drug-likeness (QED) is 0.593. The Hall–Kier alpha value is -1.67. The van der Waals surface area contributed by atoms with E-state index in [0.717, 1.165) is 18.2 Å². The molecule has 1 aromatic carbocycles. The monoisotopic (exact) mass is 276 g/mol. The molecule has 3 N–H and O–H groups in total. The minimum absolute atomic E-state index is 0.0676. The van der Waals surface area contributed by atoms with E-state index in [1.165, 1.54) is 7.11 Å². The van der Waals surface area contributed by atoms with Crippen LogP contribution in [0, 0.1) is 5.82 Å². The molecule has 0 aliphatic rings. The van der Waals surface area contributed by atoms with Crippen LogP contribution >= 0.6 is 0 Å². The van der Waals surface area contributed by atoms with Crippen LogP contribution in [0.1, 0.15) is 6.42 Å².